The number of rotatable bonds is 5. The number of fused-ring (bicyclic) bond motifs is 4. The number of ether oxygens (including phenoxy) is 2. The standard InChI is InChI=1S/C17H24N2O2S/c1-4-12-6-7-15-13(10-12)14-11-17(2,21-15)19(16(22)18-14)8-5-9-20-3/h6-7,10,14H,4-5,8-9,11H2,1-3H3,(H,18,22)/t14-,17-/m1/s1. The van der Waals surface area contributed by atoms with Crippen LogP contribution in [0.15, 0.2) is 18.2 Å². The first-order chi connectivity index (χ1) is 10.6. The highest BCUT2D eigenvalue weighted by atomic mass is 32.1. The molecule has 1 aromatic rings. The first-order valence-electron chi connectivity index (χ1n) is 7.96. The molecule has 1 saturated heterocycles. The molecule has 1 N–H and O–H groups in total. The van der Waals surface area contributed by atoms with Gasteiger partial charge in [0.1, 0.15) is 5.75 Å². The van der Waals surface area contributed by atoms with Gasteiger partial charge in [-0.3, -0.25) is 0 Å². The third-order valence-electron chi connectivity index (χ3n) is 4.61. The molecule has 0 saturated carbocycles. The van der Waals surface area contributed by atoms with Gasteiger partial charge in [0, 0.05) is 32.2 Å². The Morgan fingerprint density at radius 2 is 2.32 bits per heavy atom. The zero-order valence-electron chi connectivity index (χ0n) is 13.5. The van der Waals surface area contributed by atoms with Crippen molar-refractivity contribution in [1.29, 1.82) is 0 Å². The molecule has 2 bridgehead atoms. The van der Waals surface area contributed by atoms with Gasteiger partial charge in [0.25, 0.3) is 0 Å². The van der Waals surface area contributed by atoms with E-state index in [2.05, 4.69) is 42.3 Å². The van der Waals surface area contributed by atoms with E-state index in [1.807, 2.05) is 0 Å². The quantitative estimate of drug-likeness (QED) is 0.666. The molecule has 5 heteroatoms. The molecule has 0 aromatic heterocycles. The Morgan fingerprint density at radius 1 is 1.50 bits per heavy atom. The zero-order chi connectivity index (χ0) is 15.7. The summed E-state index contributed by atoms with van der Waals surface area (Å²) in [7, 11) is 1.73. The summed E-state index contributed by atoms with van der Waals surface area (Å²) in [5.74, 6) is 0.975. The van der Waals surface area contributed by atoms with Gasteiger partial charge in [-0.15, -0.1) is 0 Å². The van der Waals surface area contributed by atoms with Crippen LogP contribution in [0.5, 0.6) is 5.75 Å². The Balaban J connectivity index is 1.87. The molecule has 1 aromatic carbocycles. The summed E-state index contributed by atoms with van der Waals surface area (Å²) in [6, 6.07) is 6.74. The highest BCUT2D eigenvalue weighted by molar-refractivity contribution is 7.80. The fourth-order valence-corrected chi connectivity index (χ4v) is 3.82. The van der Waals surface area contributed by atoms with Crippen molar-refractivity contribution in [3.05, 3.63) is 29.3 Å². The van der Waals surface area contributed by atoms with Crippen molar-refractivity contribution in [2.45, 2.75) is 44.9 Å². The topological polar surface area (TPSA) is 33.7 Å². The number of benzene rings is 1. The molecule has 0 amide bonds. The van der Waals surface area contributed by atoms with Gasteiger partial charge in [-0.05, 0) is 43.6 Å². The number of nitrogens with zero attached hydrogens (tertiary/aromatic N) is 1. The summed E-state index contributed by atoms with van der Waals surface area (Å²) in [5.41, 5.74) is 2.19. The maximum absolute atomic E-state index is 6.36. The van der Waals surface area contributed by atoms with Gasteiger partial charge in [0.05, 0.1) is 6.04 Å². The lowest BCUT2D eigenvalue weighted by Gasteiger charge is -2.52. The van der Waals surface area contributed by atoms with Gasteiger partial charge in [-0.1, -0.05) is 19.1 Å². The number of methoxy groups -OCH3 is 1. The smallest absolute Gasteiger partial charge is 0.184 e. The van der Waals surface area contributed by atoms with Crippen LogP contribution in [0.25, 0.3) is 0 Å². The van der Waals surface area contributed by atoms with Gasteiger partial charge >= 0.3 is 0 Å². The normalized spacial score (nSPS) is 26.2. The number of aryl methyl sites for hydroxylation is 1. The second-order valence-electron chi connectivity index (χ2n) is 6.21. The van der Waals surface area contributed by atoms with Crippen LogP contribution >= 0.6 is 12.2 Å². The van der Waals surface area contributed by atoms with E-state index in [1.165, 1.54) is 11.1 Å². The number of hydrogen-bond donors (Lipinski definition) is 1. The molecule has 4 nitrogen and oxygen atoms in total. The van der Waals surface area contributed by atoms with Crippen molar-refractivity contribution in [3.8, 4) is 5.75 Å². The fourth-order valence-electron chi connectivity index (χ4n) is 3.39. The Morgan fingerprint density at radius 3 is 3.05 bits per heavy atom. The van der Waals surface area contributed by atoms with Crippen LogP contribution in [0.1, 0.15) is 43.9 Å². The molecule has 2 aliphatic rings. The van der Waals surface area contributed by atoms with Crippen molar-refractivity contribution >= 4 is 17.3 Å². The van der Waals surface area contributed by atoms with Crippen LogP contribution in [0.2, 0.25) is 0 Å². The van der Waals surface area contributed by atoms with E-state index in [1.54, 1.807) is 7.11 Å². The summed E-state index contributed by atoms with van der Waals surface area (Å²) in [4.78, 5) is 2.16. The second-order valence-corrected chi connectivity index (χ2v) is 6.59. The van der Waals surface area contributed by atoms with Crippen molar-refractivity contribution in [2.24, 2.45) is 0 Å². The molecule has 22 heavy (non-hydrogen) atoms. The van der Waals surface area contributed by atoms with Crippen LogP contribution in [0, 0.1) is 0 Å². The minimum atomic E-state index is -0.374. The van der Waals surface area contributed by atoms with Crippen molar-refractivity contribution in [2.75, 3.05) is 20.3 Å². The largest absolute Gasteiger partial charge is 0.468 e. The average Bonchev–Trinajstić information content (AvgIpc) is 2.50. The Labute approximate surface area is 137 Å². The van der Waals surface area contributed by atoms with E-state index in [0.717, 1.165) is 43.3 Å². The molecule has 2 aliphatic heterocycles. The molecule has 120 valence electrons. The van der Waals surface area contributed by atoms with Gasteiger partial charge < -0.3 is 19.7 Å². The molecule has 1 fully saturated rings. The van der Waals surface area contributed by atoms with Crippen LogP contribution in [-0.2, 0) is 11.2 Å². The predicted molar refractivity (Wildman–Crippen MR) is 91.1 cm³/mol. The Bertz CT molecular complexity index is 578. The van der Waals surface area contributed by atoms with Gasteiger partial charge in [0.2, 0.25) is 0 Å². The molecule has 2 heterocycles. The van der Waals surface area contributed by atoms with E-state index in [4.69, 9.17) is 21.7 Å². The van der Waals surface area contributed by atoms with Crippen LogP contribution in [-0.4, -0.2) is 36.0 Å². The summed E-state index contributed by atoms with van der Waals surface area (Å²) < 4.78 is 11.5. The molecular weight excluding hydrogens is 296 g/mol. The molecule has 0 aliphatic carbocycles. The third kappa shape index (κ3) is 2.68. The Hall–Kier alpha value is -1.33. The summed E-state index contributed by atoms with van der Waals surface area (Å²) >= 11 is 5.59. The third-order valence-corrected chi connectivity index (χ3v) is 4.95. The van der Waals surface area contributed by atoms with Crippen molar-refractivity contribution in [3.63, 3.8) is 0 Å². The highest BCUT2D eigenvalue weighted by Crippen LogP contribution is 2.44. The highest BCUT2D eigenvalue weighted by Gasteiger charge is 2.47. The van der Waals surface area contributed by atoms with Crippen LogP contribution in [0.4, 0.5) is 0 Å². The molecule has 0 spiro atoms. The predicted octanol–water partition coefficient (Wildman–Crippen LogP) is 3.02. The number of nitrogens with one attached hydrogen (secondary N) is 1. The minimum Gasteiger partial charge on any atom is -0.468 e. The Kier molecular flexibility index (Phi) is 4.28. The van der Waals surface area contributed by atoms with Crippen LogP contribution < -0.4 is 10.1 Å². The van der Waals surface area contributed by atoms with E-state index >= 15 is 0 Å². The maximum Gasteiger partial charge on any atom is 0.184 e. The summed E-state index contributed by atoms with van der Waals surface area (Å²) in [6.07, 6.45) is 2.87. The van der Waals surface area contributed by atoms with E-state index in [9.17, 15) is 0 Å². The molecule has 2 atom stereocenters. The number of hydrogen-bond acceptors (Lipinski definition) is 3. The SMILES string of the molecule is CCc1ccc2c(c1)[C@H]1C[C@@](C)(O2)N(CCCOC)C(=S)N1. The fraction of sp³-hybridized carbons (Fsp3) is 0.588. The molecular formula is C17H24N2O2S. The van der Waals surface area contributed by atoms with Crippen LogP contribution in [0.3, 0.4) is 0 Å². The first kappa shape index (κ1) is 15.6. The lowest BCUT2D eigenvalue weighted by atomic mass is 9.89. The van der Waals surface area contributed by atoms with E-state index in [-0.39, 0.29) is 11.8 Å². The van der Waals surface area contributed by atoms with E-state index in [0.29, 0.717) is 0 Å². The monoisotopic (exact) mass is 320 g/mol. The van der Waals surface area contributed by atoms with Gasteiger partial charge in [0.15, 0.2) is 10.8 Å². The summed E-state index contributed by atoms with van der Waals surface area (Å²) in [6.45, 7) is 5.88. The second kappa shape index (κ2) is 6.05. The average molecular weight is 320 g/mol. The molecule has 0 radical (unpaired) electrons. The lowest BCUT2D eigenvalue weighted by Crippen LogP contribution is -2.64. The van der Waals surface area contributed by atoms with Crippen molar-refractivity contribution < 1.29 is 9.47 Å². The lowest BCUT2D eigenvalue weighted by molar-refractivity contribution is -0.0698. The zero-order valence-corrected chi connectivity index (χ0v) is 14.3. The first-order valence-corrected chi connectivity index (χ1v) is 8.37. The van der Waals surface area contributed by atoms with Gasteiger partial charge in [-0.2, -0.15) is 0 Å². The maximum atomic E-state index is 6.36. The van der Waals surface area contributed by atoms with Gasteiger partial charge in [-0.25, -0.2) is 0 Å². The van der Waals surface area contributed by atoms with E-state index < -0.39 is 0 Å². The molecule has 3 rings (SSSR count). The summed E-state index contributed by atoms with van der Waals surface area (Å²) in [5, 5.41) is 4.27. The number of thiocarbonyl (C=S) groups is 1. The minimum absolute atomic E-state index is 0.242. The molecule has 0 unspecified atom stereocenters. The van der Waals surface area contributed by atoms with Crippen molar-refractivity contribution in [1.82, 2.24) is 10.2 Å².